The van der Waals surface area contributed by atoms with Gasteiger partial charge in [0.15, 0.2) is 0 Å². The molecule has 0 saturated carbocycles. The molecular weight excluding hydrogens is 216 g/mol. The van der Waals surface area contributed by atoms with Gasteiger partial charge in [-0.3, -0.25) is 4.79 Å². The van der Waals surface area contributed by atoms with Crippen LogP contribution in [0.1, 0.15) is 30.9 Å². The molecule has 1 atom stereocenters. The first kappa shape index (κ1) is 12.1. The van der Waals surface area contributed by atoms with Crippen LogP contribution in [-0.4, -0.2) is 17.7 Å². The van der Waals surface area contributed by atoms with Crippen LogP contribution in [0.2, 0.25) is 0 Å². The topological polar surface area (TPSA) is 46.5 Å². The second-order valence-electron chi connectivity index (χ2n) is 4.51. The number of hydrogen-bond donors (Lipinski definition) is 1. The number of carbonyl (C=O) groups excluding carboxylic acids is 1. The molecule has 1 aliphatic carbocycles. The quantitative estimate of drug-likeness (QED) is 0.643. The monoisotopic (exact) mass is 234 g/mol. The largest absolute Gasteiger partial charge is 0.426 e. The summed E-state index contributed by atoms with van der Waals surface area (Å²) in [7, 11) is 0. The molecule has 0 spiro atoms. The van der Waals surface area contributed by atoms with E-state index >= 15 is 0 Å². The molecular formula is C14H18O3. The minimum absolute atomic E-state index is 0.192. The maximum atomic E-state index is 11.3. The average molecular weight is 234 g/mol. The summed E-state index contributed by atoms with van der Waals surface area (Å²) >= 11 is 0. The molecule has 1 aliphatic rings. The van der Waals surface area contributed by atoms with E-state index < -0.39 is 0 Å². The molecule has 17 heavy (non-hydrogen) atoms. The Morgan fingerprint density at radius 2 is 2.35 bits per heavy atom. The van der Waals surface area contributed by atoms with E-state index in [9.17, 15) is 9.90 Å². The molecule has 0 amide bonds. The predicted octanol–water partition coefficient (Wildman–Crippen LogP) is 2.10. The SMILES string of the molecule is CCC(=O)Oc1cccc2c1CCC(CO)C2. The third kappa shape index (κ3) is 2.67. The van der Waals surface area contributed by atoms with Crippen molar-refractivity contribution in [3.05, 3.63) is 29.3 Å². The zero-order valence-corrected chi connectivity index (χ0v) is 10.1. The molecule has 92 valence electrons. The average Bonchev–Trinajstić information content (AvgIpc) is 2.38. The van der Waals surface area contributed by atoms with Crippen molar-refractivity contribution < 1.29 is 14.6 Å². The van der Waals surface area contributed by atoms with E-state index in [1.165, 1.54) is 5.56 Å². The van der Waals surface area contributed by atoms with Gasteiger partial charge in [-0.25, -0.2) is 0 Å². The third-order valence-corrected chi connectivity index (χ3v) is 3.31. The standard InChI is InChI=1S/C14H18O3/c1-2-14(16)17-13-5-3-4-11-8-10(9-15)6-7-12(11)13/h3-5,10,15H,2,6-9H2,1H3. The Hall–Kier alpha value is -1.35. The summed E-state index contributed by atoms with van der Waals surface area (Å²) < 4.78 is 5.33. The van der Waals surface area contributed by atoms with Crippen LogP contribution in [0.5, 0.6) is 5.75 Å². The number of aliphatic hydroxyl groups is 1. The number of esters is 1. The maximum Gasteiger partial charge on any atom is 0.310 e. The predicted molar refractivity (Wildman–Crippen MR) is 65.0 cm³/mol. The van der Waals surface area contributed by atoms with Crippen molar-refractivity contribution in [1.82, 2.24) is 0 Å². The highest BCUT2D eigenvalue weighted by molar-refractivity contribution is 5.72. The van der Waals surface area contributed by atoms with Gasteiger partial charge in [0.05, 0.1) is 0 Å². The van der Waals surface area contributed by atoms with Crippen molar-refractivity contribution in [2.45, 2.75) is 32.6 Å². The van der Waals surface area contributed by atoms with E-state index in [1.54, 1.807) is 6.92 Å². The van der Waals surface area contributed by atoms with Crippen molar-refractivity contribution in [2.24, 2.45) is 5.92 Å². The molecule has 1 aromatic carbocycles. The Morgan fingerprint density at radius 3 is 3.06 bits per heavy atom. The molecule has 2 rings (SSSR count). The van der Waals surface area contributed by atoms with Crippen LogP contribution in [-0.2, 0) is 17.6 Å². The van der Waals surface area contributed by atoms with Crippen LogP contribution in [0.25, 0.3) is 0 Å². The molecule has 0 bridgehead atoms. The van der Waals surface area contributed by atoms with Crippen LogP contribution < -0.4 is 4.74 Å². The molecule has 0 aliphatic heterocycles. The zero-order valence-electron chi connectivity index (χ0n) is 10.1. The van der Waals surface area contributed by atoms with Gasteiger partial charge in [0.25, 0.3) is 0 Å². The van der Waals surface area contributed by atoms with E-state index in [4.69, 9.17) is 4.74 Å². The number of hydrogen-bond acceptors (Lipinski definition) is 3. The summed E-state index contributed by atoms with van der Waals surface area (Å²) in [4.78, 5) is 11.3. The van der Waals surface area contributed by atoms with Gasteiger partial charge in [0, 0.05) is 13.0 Å². The van der Waals surface area contributed by atoms with E-state index in [1.807, 2.05) is 12.1 Å². The minimum atomic E-state index is -0.192. The highest BCUT2D eigenvalue weighted by Crippen LogP contribution is 2.32. The number of aliphatic hydroxyl groups excluding tert-OH is 1. The fourth-order valence-corrected chi connectivity index (χ4v) is 2.29. The van der Waals surface area contributed by atoms with Crippen LogP contribution >= 0.6 is 0 Å². The summed E-state index contributed by atoms with van der Waals surface area (Å²) in [5, 5.41) is 9.18. The summed E-state index contributed by atoms with van der Waals surface area (Å²) in [6.07, 6.45) is 3.12. The van der Waals surface area contributed by atoms with Gasteiger partial charge in [-0.1, -0.05) is 19.1 Å². The van der Waals surface area contributed by atoms with Gasteiger partial charge in [-0.05, 0) is 42.4 Å². The van der Waals surface area contributed by atoms with Gasteiger partial charge in [0.1, 0.15) is 5.75 Å². The molecule has 1 unspecified atom stereocenters. The third-order valence-electron chi connectivity index (χ3n) is 3.31. The number of rotatable bonds is 3. The summed E-state index contributed by atoms with van der Waals surface area (Å²) in [5.41, 5.74) is 2.34. The van der Waals surface area contributed by atoms with Crippen molar-refractivity contribution in [2.75, 3.05) is 6.61 Å². The second-order valence-corrected chi connectivity index (χ2v) is 4.51. The number of ether oxygens (including phenoxy) is 1. The van der Waals surface area contributed by atoms with Crippen LogP contribution in [0, 0.1) is 5.92 Å². The molecule has 0 heterocycles. The first-order valence-electron chi connectivity index (χ1n) is 6.17. The van der Waals surface area contributed by atoms with E-state index in [0.29, 0.717) is 18.1 Å². The normalized spacial score (nSPS) is 18.6. The lowest BCUT2D eigenvalue weighted by molar-refractivity contribution is -0.134. The van der Waals surface area contributed by atoms with Gasteiger partial charge in [0.2, 0.25) is 0 Å². The molecule has 0 saturated heterocycles. The van der Waals surface area contributed by atoms with Crippen LogP contribution in [0.3, 0.4) is 0 Å². The van der Waals surface area contributed by atoms with Gasteiger partial charge >= 0.3 is 5.97 Å². The minimum Gasteiger partial charge on any atom is -0.426 e. The second kappa shape index (κ2) is 5.32. The van der Waals surface area contributed by atoms with Crippen molar-refractivity contribution in [1.29, 1.82) is 0 Å². The molecule has 0 radical (unpaired) electrons. The Balaban J connectivity index is 2.22. The van der Waals surface area contributed by atoms with E-state index in [2.05, 4.69) is 6.07 Å². The Bertz CT molecular complexity index is 412. The van der Waals surface area contributed by atoms with Crippen molar-refractivity contribution >= 4 is 5.97 Å². The summed E-state index contributed by atoms with van der Waals surface area (Å²) in [5.74, 6) is 0.855. The molecule has 1 N–H and O–H groups in total. The molecule has 3 heteroatoms. The molecule has 3 nitrogen and oxygen atoms in total. The molecule has 0 aromatic heterocycles. The summed E-state index contributed by atoms with van der Waals surface area (Å²) in [6.45, 7) is 2.03. The smallest absolute Gasteiger partial charge is 0.310 e. The highest BCUT2D eigenvalue weighted by Gasteiger charge is 2.21. The lowest BCUT2D eigenvalue weighted by Crippen LogP contribution is -2.19. The van der Waals surface area contributed by atoms with E-state index in [-0.39, 0.29) is 12.6 Å². The van der Waals surface area contributed by atoms with Crippen molar-refractivity contribution in [3.8, 4) is 5.75 Å². The Kier molecular flexibility index (Phi) is 3.79. The van der Waals surface area contributed by atoms with Crippen LogP contribution in [0.4, 0.5) is 0 Å². The molecule has 1 aromatic rings. The molecule has 0 fully saturated rings. The van der Waals surface area contributed by atoms with Gasteiger partial charge in [-0.2, -0.15) is 0 Å². The first-order chi connectivity index (χ1) is 8.24. The maximum absolute atomic E-state index is 11.3. The van der Waals surface area contributed by atoms with Crippen LogP contribution in [0.15, 0.2) is 18.2 Å². The fourth-order valence-electron chi connectivity index (χ4n) is 2.29. The lowest BCUT2D eigenvalue weighted by Gasteiger charge is -2.24. The zero-order chi connectivity index (χ0) is 12.3. The Labute approximate surface area is 101 Å². The fraction of sp³-hybridized carbons (Fsp3) is 0.500. The van der Waals surface area contributed by atoms with Gasteiger partial charge < -0.3 is 9.84 Å². The first-order valence-corrected chi connectivity index (χ1v) is 6.17. The van der Waals surface area contributed by atoms with Gasteiger partial charge in [-0.15, -0.1) is 0 Å². The Morgan fingerprint density at radius 1 is 1.53 bits per heavy atom. The van der Waals surface area contributed by atoms with E-state index in [0.717, 1.165) is 24.8 Å². The lowest BCUT2D eigenvalue weighted by atomic mass is 9.84. The summed E-state index contributed by atoms with van der Waals surface area (Å²) in [6, 6.07) is 5.82. The number of benzene rings is 1. The number of carbonyl (C=O) groups is 1. The van der Waals surface area contributed by atoms with Crippen molar-refractivity contribution in [3.63, 3.8) is 0 Å². The number of fused-ring (bicyclic) bond motifs is 1. The highest BCUT2D eigenvalue weighted by atomic mass is 16.5.